The monoisotopic (exact) mass is 331 g/mol. The number of pyridine rings is 1. The Bertz CT molecular complexity index is 783. The Morgan fingerprint density at radius 2 is 2.09 bits per heavy atom. The first-order chi connectivity index (χ1) is 9.86. The third-order valence-corrected chi connectivity index (χ3v) is 3.09. The molecule has 0 saturated heterocycles. The number of rotatable bonds is 4. The van der Waals surface area contributed by atoms with Gasteiger partial charge in [0.25, 0.3) is 5.91 Å². The molecule has 2 aromatic rings. The number of amides is 1. The van der Waals surface area contributed by atoms with Gasteiger partial charge in [0, 0.05) is 11.9 Å². The molecule has 0 fully saturated rings. The quantitative estimate of drug-likeness (QED) is 0.290. The molecule has 0 saturated carbocycles. The molecular formula is C12H10N3NaO5S. The summed E-state index contributed by atoms with van der Waals surface area (Å²) < 4.78 is 36.7. The first-order valence-corrected chi connectivity index (χ1v) is 7.09. The van der Waals surface area contributed by atoms with Gasteiger partial charge in [-0.2, -0.15) is 5.10 Å². The van der Waals surface area contributed by atoms with E-state index in [1.54, 1.807) is 19.1 Å². The summed E-state index contributed by atoms with van der Waals surface area (Å²) in [6.45, 7) is 1.79. The second kappa shape index (κ2) is 7.65. The Morgan fingerprint density at radius 1 is 1.36 bits per heavy atom. The maximum atomic E-state index is 11.7. The van der Waals surface area contributed by atoms with Crippen molar-refractivity contribution in [3.8, 4) is 0 Å². The van der Waals surface area contributed by atoms with Crippen LogP contribution in [-0.2, 0) is 10.1 Å². The predicted octanol–water partition coefficient (Wildman–Crippen LogP) is -2.34. The van der Waals surface area contributed by atoms with Crippen LogP contribution in [0.5, 0.6) is 0 Å². The zero-order valence-corrected chi connectivity index (χ0v) is 14.6. The molecule has 0 spiro atoms. The van der Waals surface area contributed by atoms with E-state index in [2.05, 4.69) is 15.5 Å². The van der Waals surface area contributed by atoms with Crippen LogP contribution in [0.2, 0.25) is 0 Å². The average molecular weight is 331 g/mol. The third kappa shape index (κ3) is 5.04. The first-order valence-electron chi connectivity index (χ1n) is 5.68. The summed E-state index contributed by atoms with van der Waals surface area (Å²) in [6, 6.07) is 5.52. The number of carbonyl (C=O) groups is 1. The molecule has 0 aliphatic rings. The van der Waals surface area contributed by atoms with Crippen molar-refractivity contribution >= 4 is 22.2 Å². The second-order valence-electron chi connectivity index (χ2n) is 4.00. The number of furan rings is 1. The van der Waals surface area contributed by atoms with Gasteiger partial charge in [-0.05, 0) is 31.2 Å². The molecule has 0 atom stereocenters. The smallest absolute Gasteiger partial charge is 0.742 e. The summed E-state index contributed by atoms with van der Waals surface area (Å²) in [5.74, 6) is -0.464. The molecule has 2 heterocycles. The summed E-state index contributed by atoms with van der Waals surface area (Å²) in [7, 11) is -4.64. The minimum atomic E-state index is -4.64. The van der Waals surface area contributed by atoms with Gasteiger partial charge in [-0.15, -0.1) is 0 Å². The summed E-state index contributed by atoms with van der Waals surface area (Å²) in [4.78, 5) is 15.6. The Hall–Kier alpha value is -1.52. The maximum Gasteiger partial charge on any atom is 1.00 e. The first kappa shape index (κ1) is 18.5. The van der Waals surface area contributed by atoms with Gasteiger partial charge in [0.1, 0.15) is 5.76 Å². The van der Waals surface area contributed by atoms with Crippen LogP contribution in [0.1, 0.15) is 21.8 Å². The minimum Gasteiger partial charge on any atom is -0.742 e. The van der Waals surface area contributed by atoms with E-state index in [1.807, 2.05) is 0 Å². The van der Waals surface area contributed by atoms with E-state index in [0.717, 1.165) is 18.0 Å². The zero-order valence-electron chi connectivity index (χ0n) is 11.8. The van der Waals surface area contributed by atoms with Crippen LogP contribution in [0.4, 0.5) is 0 Å². The summed E-state index contributed by atoms with van der Waals surface area (Å²) in [6.07, 6.45) is 2.48. The van der Waals surface area contributed by atoms with Crippen LogP contribution >= 0.6 is 0 Å². The fraction of sp³-hybridized carbons (Fsp3) is 0.0833. The van der Waals surface area contributed by atoms with Crippen LogP contribution in [-0.4, -0.2) is 30.1 Å². The Balaban J connectivity index is 0.00000242. The van der Waals surface area contributed by atoms with E-state index >= 15 is 0 Å². The maximum absolute atomic E-state index is 11.7. The molecule has 8 nitrogen and oxygen atoms in total. The van der Waals surface area contributed by atoms with Gasteiger partial charge in [0.2, 0.25) is 5.09 Å². The SMILES string of the molecule is Cc1ccc(C(=O)N/N=C\c2ccc(S(=O)(=O)[O-])o2)cn1.[Na+]. The zero-order chi connectivity index (χ0) is 15.5. The number of hydrogen-bond donors (Lipinski definition) is 1. The van der Waals surface area contributed by atoms with Gasteiger partial charge in [0.05, 0.1) is 11.8 Å². The summed E-state index contributed by atoms with van der Waals surface area (Å²) >= 11 is 0. The Labute approximate surface area is 148 Å². The van der Waals surface area contributed by atoms with Crippen molar-refractivity contribution in [1.82, 2.24) is 10.4 Å². The van der Waals surface area contributed by atoms with Crippen LogP contribution in [0.25, 0.3) is 0 Å². The van der Waals surface area contributed by atoms with E-state index in [0.29, 0.717) is 5.56 Å². The number of hydrogen-bond acceptors (Lipinski definition) is 7. The summed E-state index contributed by atoms with van der Waals surface area (Å²) in [5.41, 5.74) is 3.31. The van der Waals surface area contributed by atoms with E-state index in [4.69, 9.17) is 4.42 Å². The summed E-state index contributed by atoms with van der Waals surface area (Å²) in [5, 5.41) is 2.88. The molecule has 0 aliphatic heterocycles. The minimum absolute atomic E-state index is 0. The molecule has 1 N–H and O–H groups in total. The number of carbonyl (C=O) groups excluding carboxylic acids is 1. The number of nitrogens with one attached hydrogen (secondary N) is 1. The topological polar surface area (TPSA) is 125 Å². The standard InChI is InChI=1S/C12H11N3O5S.Na/c1-8-2-3-9(6-13-8)12(16)15-14-7-10-4-5-11(20-10)21(17,18)19;/h2-7H,1H3,(H,15,16)(H,17,18,19);/q;+1/p-1/b14-7-;. The molecule has 0 aromatic carbocycles. The van der Waals surface area contributed by atoms with E-state index in [-0.39, 0.29) is 35.3 Å². The van der Waals surface area contributed by atoms with Crippen LogP contribution in [0.15, 0.2) is 45.1 Å². The Morgan fingerprint density at radius 3 is 2.64 bits per heavy atom. The van der Waals surface area contributed by atoms with Gasteiger partial charge in [-0.1, -0.05) is 0 Å². The number of hydrazone groups is 1. The van der Waals surface area contributed by atoms with Crippen LogP contribution < -0.4 is 35.0 Å². The van der Waals surface area contributed by atoms with Gasteiger partial charge in [0.15, 0.2) is 10.1 Å². The van der Waals surface area contributed by atoms with Crippen molar-refractivity contribution in [3.05, 3.63) is 47.5 Å². The van der Waals surface area contributed by atoms with Crippen molar-refractivity contribution in [2.75, 3.05) is 0 Å². The number of aromatic nitrogens is 1. The van der Waals surface area contributed by atoms with Crippen molar-refractivity contribution in [2.24, 2.45) is 5.10 Å². The predicted molar refractivity (Wildman–Crippen MR) is 70.7 cm³/mol. The fourth-order valence-corrected chi connectivity index (χ4v) is 1.79. The van der Waals surface area contributed by atoms with Gasteiger partial charge in [-0.3, -0.25) is 9.78 Å². The molecule has 10 heteroatoms. The van der Waals surface area contributed by atoms with Gasteiger partial charge >= 0.3 is 29.6 Å². The van der Waals surface area contributed by atoms with Gasteiger partial charge < -0.3 is 8.97 Å². The van der Waals surface area contributed by atoms with Crippen molar-refractivity contribution in [1.29, 1.82) is 0 Å². The molecular weight excluding hydrogens is 321 g/mol. The number of aryl methyl sites for hydroxylation is 1. The average Bonchev–Trinajstić information content (AvgIpc) is 2.88. The molecule has 0 aliphatic carbocycles. The second-order valence-corrected chi connectivity index (χ2v) is 5.31. The van der Waals surface area contributed by atoms with Crippen molar-refractivity contribution in [2.45, 2.75) is 12.0 Å². The third-order valence-electron chi connectivity index (χ3n) is 2.38. The molecule has 2 aromatic heterocycles. The Kier molecular flexibility index (Phi) is 6.45. The van der Waals surface area contributed by atoms with Gasteiger partial charge in [-0.25, -0.2) is 13.8 Å². The molecule has 110 valence electrons. The molecule has 0 unspecified atom stereocenters. The van der Waals surface area contributed by atoms with E-state index in [9.17, 15) is 17.8 Å². The molecule has 22 heavy (non-hydrogen) atoms. The molecule has 0 radical (unpaired) electrons. The largest absolute Gasteiger partial charge is 1.00 e. The molecule has 2 rings (SSSR count). The van der Waals surface area contributed by atoms with E-state index in [1.165, 1.54) is 12.3 Å². The fourth-order valence-electron chi connectivity index (χ4n) is 1.36. The van der Waals surface area contributed by atoms with Crippen LogP contribution in [0, 0.1) is 6.92 Å². The number of nitrogens with zero attached hydrogens (tertiary/aromatic N) is 2. The van der Waals surface area contributed by atoms with E-state index < -0.39 is 21.1 Å². The normalized spacial score (nSPS) is 11.2. The molecule has 1 amide bonds. The van der Waals surface area contributed by atoms with Crippen molar-refractivity contribution < 1.29 is 51.7 Å². The molecule has 0 bridgehead atoms. The van der Waals surface area contributed by atoms with Crippen molar-refractivity contribution in [3.63, 3.8) is 0 Å². The van der Waals surface area contributed by atoms with Crippen LogP contribution in [0.3, 0.4) is 0 Å².